The smallest absolute Gasteiger partial charge is 0.250 e. The van der Waals surface area contributed by atoms with E-state index in [1.807, 2.05) is 0 Å². The number of aliphatic hydroxyl groups excluding tert-OH is 1. The molecule has 0 bridgehead atoms. The van der Waals surface area contributed by atoms with Gasteiger partial charge in [-0.2, -0.15) is 0 Å². The molecule has 0 atom stereocenters. The lowest BCUT2D eigenvalue weighted by Gasteiger charge is -2.02. The predicted octanol–water partition coefficient (Wildman–Crippen LogP) is 0.929. The van der Waals surface area contributed by atoms with E-state index in [4.69, 9.17) is 5.11 Å². The minimum Gasteiger partial charge on any atom is -0.392 e. The first-order valence-electron chi connectivity index (χ1n) is 4.80. The van der Waals surface area contributed by atoms with Crippen molar-refractivity contribution in [2.24, 2.45) is 5.92 Å². The van der Waals surface area contributed by atoms with Crippen LogP contribution in [-0.2, 0) is 16.6 Å². The van der Waals surface area contributed by atoms with Gasteiger partial charge in [-0.15, -0.1) is 11.3 Å². The third-order valence-corrected chi connectivity index (χ3v) is 5.25. The van der Waals surface area contributed by atoms with Gasteiger partial charge >= 0.3 is 0 Å². The molecule has 6 heteroatoms. The number of nitrogens with one attached hydrogen (secondary N) is 1. The van der Waals surface area contributed by atoms with Crippen LogP contribution in [0.2, 0.25) is 0 Å². The van der Waals surface area contributed by atoms with Crippen molar-refractivity contribution in [3.8, 4) is 0 Å². The molecule has 1 saturated carbocycles. The van der Waals surface area contributed by atoms with E-state index in [2.05, 4.69) is 4.72 Å². The van der Waals surface area contributed by atoms with Crippen LogP contribution in [0.25, 0.3) is 0 Å². The first-order chi connectivity index (χ1) is 7.12. The minimum atomic E-state index is -3.35. The molecule has 0 radical (unpaired) electrons. The monoisotopic (exact) mass is 247 g/mol. The number of sulfonamides is 1. The van der Waals surface area contributed by atoms with Gasteiger partial charge in [0.2, 0.25) is 10.0 Å². The van der Waals surface area contributed by atoms with Crippen LogP contribution in [0.5, 0.6) is 0 Å². The van der Waals surface area contributed by atoms with Gasteiger partial charge in [-0.05, 0) is 35.8 Å². The van der Waals surface area contributed by atoms with Crippen molar-refractivity contribution in [2.45, 2.75) is 23.7 Å². The maximum absolute atomic E-state index is 11.7. The maximum atomic E-state index is 11.7. The van der Waals surface area contributed by atoms with Crippen LogP contribution >= 0.6 is 11.3 Å². The molecule has 0 amide bonds. The third-order valence-electron chi connectivity index (χ3n) is 2.34. The van der Waals surface area contributed by atoms with E-state index in [0.29, 0.717) is 18.0 Å². The van der Waals surface area contributed by atoms with Gasteiger partial charge in [0.1, 0.15) is 4.21 Å². The van der Waals surface area contributed by atoms with Gasteiger partial charge in [0.15, 0.2) is 0 Å². The van der Waals surface area contributed by atoms with Crippen molar-refractivity contribution in [1.82, 2.24) is 4.72 Å². The normalized spacial score (nSPS) is 16.9. The van der Waals surface area contributed by atoms with E-state index < -0.39 is 10.0 Å². The molecule has 1 aromatic heterocycles. The Hall–Kier alpha value is -0.430. The Kier molecular flexibility index (Phi) is 3.11. The zero-order chi connectivity index (χ0) is 10.9. The lowest BCUT2D eigenvalue weighted by molar-refractivity contribution is 0.282. The van der Waals surface area contributed by atoms with Crippen LogP contribution in [0.15, 0.2) is 15.7 Å². The van der Waals surface area contributed by atoms with E-state index >= 15 is 0 Å². The van der Waals surface area contributed by atoms with Crippen LogP contribution in [-0.4, -0.2) is 20.1 Å². The molecular formula is C9H13NO3S2. The number of hydrogen-bond donors (Lipinski definition) is 2. The molecule has 2 N–H and O–H groups in total. The average Bonchev–Trinajstić information content (AvgIpc) is 2.90. The second kappa shape index (κ2) is 4.21. The van der Waals surface area contributed by atoms with Gasteiger partial charge < -0.3 is 5.11 Å². The van der Waals surface area contributed by atoms with E-state index in [0.717, 1.165) is 24.2 Å². The van der Waals surface area contributed by atoms with Crippen LogP contribution in [0.3, 0.4) is 0 Å². The summed E-state index contributed by atoms with van der Waals surface area (Å²) in [6.45, 7) is 0.420. The van der Waals surface area contributed by atoms with Gasteiger partial charge in [0.05, 0.1) is 6.61 Å². The highest BCUT2D eigenvalue weighted by molar-refractivity contribution is 7.91. The quantitative estimate of drug-likeness (QED) is 0.813. The van der Waals surface area contributed by atoms with E-state index in [-0.39, 0.29) is 10.8 Å². The molecule has 1 aliphatic rings. The Labute approximate surface area is 93.0 Å². The second-order valence-electron chi connectivity index (χ2n) is 3.73. The molecule has 1 heterocycles. The predicted molar refractivity (Wildman–Crippen MR) is 58.2 cm³/mol. The molecule has 0 aromatic carbocycles. The Morgan fingerprint density at radius 2 is 2.27 bits per heavy atom. The summed E-state index contributed by atoms with van der Waals surface area (Å²) in [4.78, 5) is 0. The molecule has 84 valence electrons. The van der Waals surface area contributed by atoms with Gasteiger partial charge in [0.25, 0.3) is 0 Å². The van der Waals surface area contributed by atoms with Gasteiger partial charge in [0, 0.05) is 6.54 Å². The summed E-state index contributed by atoms with van der Waals surface area (Å²) in [6.07, 6.45) is 2.24. The van der Waals surface area contributed by atoms with Crippen molar-refractivity contribution in [1.29, 1.82) is 0 Å². The number of thiophene rings is 1. The molecule has 0 spiro atoms. The summed E-state index contributed by atoms with van der Waals surface area (Å²) in [5.74, 6) is 0.525. The third kappa shape index (κ3) is 2.78. The summed E-state index contributed by atoms with van der Waals surface area (Å²) in [6, 6.07) is 1.51. The van der Waals surface area contributed by atoms with Crippen molar-refractivity contribution >= 4 is 21.4 Å². The molecule has 4 nitrogen and oxygen atoms in total. The lowest BCUT2D eigenvalue weighted by atomic mass is 10.4. The Bertz CT molecular complexity index is 434. The number of aliphatic hydroxyl groups is 1. The minimum absolute atomic E-state index is 0.116. The van der Waals surface area contributed by atoms with Crippen LogP contribution in [0.1, 0.15) is 18.4 Å². The first kappa shape index (κ1) is 11.1. The average molecular weight is 247 g/mol. The van der Waals surface area contributed by atoms with Crippen LogP contribution in [0.4, 0.5) is 0 Å². The van der Waals surface area contributed by atoms with Crippen LogP contribution < -0.4 is 4.72 Å². The highest BCUT2D eigenvalue weighted by Gasteiger charge is 2.24. The standard InChI is InChI=1S/C9H13NO3S2/c11-5-8-3-9(14-6-8)15(12,13)10-4-7-1-2-7/h3,6-7,10-11H,1-2,4-5H2. The topological polar surface area (TPSA) is 66.4 Å². The Morgan fingerprint density at radius 3 is 2.80 bits per heavy atom. The maximum Gasteiger partial charge on any atom is 0.250 e. The van der Waals surface area contributed by atoms with Crippen molar-refractivity contribution < 1.29 is 13.5 Å². The van der Waals surface area contributed by atoms with Gasteiger partial charge in [-0.3, -0.25) is 0 Å². The van der Waals surface area contributed by atoms with Crippen molar-refractivity contribution in [3.05, 3.63) is 17.0 Å². The molecule has 0 unspecified atom stereocenters. The van der Waals surface area contributed by atoms with Crippen LogP contribution in [0, 0.1) is 5.92 Å². The molecular weight excluding hydrogens is 234 g/mol. The molecule has 0 saturated heterocycles. The highest BCUT2D eigenvalue weighted by atomic mass is 32.2. The fourth-order valence-corrected chi connectivity index (χ4v) is 3.56. The fourth-order valence-electron chi connectivity index (χ4n) is 1.20. The molecule has 15 heavy (non-hydrogen) atoms. The molecule has 1 aromatic rings. The summed E-state index contributed by atoms with van der Waals surface area (Å²) in [5.41, 5.74) is 0.645. The second-order valence-corrected chi connectivity index (χ2v) is 6.63. The largest absolute Gasteiger partial charge is 0.392 e. The van der Waals surface area contributed by atoms with Gasteiger partial charge in [-0.25, -0.2) is 13.1 Å². The summed E-state index contributed by atoms with van der Waals surface area (Å²) < 4.78 is 26.3. The Balaban J connectivity index is 2.05. The molecule has 1 fully saturated rings. The van der Waals surface area contributed by atoms with E-state index in [1.54, 1.807) is 5.38 Å². The zero-order valence-electron chi connectivity index (χ0n) is 8.14. The van der Waals surface area contributed by atoms with Crippen molar-refractivity contribution in [2.75, 3.05) is 6.54 Å². The molecule has 1 aliphatic carbocycles. The summed E-state index contributed by atoms with van der Waals surface area (Å²) >= 11 is 1.14. The number of hydrogen-bond acceptors (Lipinski definition) is 4. The SMILES string of the molecule is O=S(=O)(NCC1CC1)c1cc(CO)cs1. The van der Waals surface area contributed by atoms with Gasteiger partial charge in [-0.1, -0.05) is 0 Å². The van der Waals surface area contributed by atoms with E-state index in [9.17, 15) is 8.42 Å². The van der Waals surface area contributed by atoms with Crippen molar-refractivity contribution in [3.63, 3.8) is 0 Å². The zero-order valence-corrected chi connectivity index (χ0v) is 9.77. The van der Waals surface area contributed by atoms with E-state index in [1.165, 1.54) is 6.07 Å². The fraction of sp³-hybridized carbons (Fsp3) is 0.556. The summed E-state index contributed by atoms with van der Waals surface area (Å²) in [5, 5.41) is 10.5. The number of rotatable bonds is 5. The molecule has 0 aliphatic heterocycles. The summed E-state index contributed by atoms with van der Waals surface area (Å²) in [7, 11) is -3.35. The first-order valence-corrected chi connectivity index (χ1v) is 7.16. The lowest BCUT2D eigenvalue weighted by Crippen LogP contribution is -2.25. The highest BCUT2D eigenvalue weighted by Crippen LogP contribution is 2.28. The molecule has 2 rings (SSSR count). The Morgan fingerprint density at radius 1 is 1.53 bits per heavy atom.